The van der Waals surface area contributed by atoms with E-state index in [-0.39, 0.29) is 5.91 Å². The van der Waals surface area contributed by atoms with Gasteiger partial charge in [0.2, 0.25) is 0 Å². The van der Waals surface area contributed by atoms with Crippen LogP contribution in [0.1, 0.15) is 16.8 Å². The number of nitrogens with two attached hydrogens (primary N) is 1. The summed E-state index contributed by atoms with van der Waals surface area (Å²) in [5.74, 6) is -0.126. The molecule has 0 aliphatic heterocycles. The van der Waals surface area contributed by atoms with Gasteiger partial charge in [-0.25, -0.2) is 0 Å². The summed E-state index contributed by atoms with van der Waals surface area (Å²) in [4.78, 5) is 13.7. The van der Waals surface area contributed by atoms with Gasteiger partial charge in [-0.1, -0.05) is 17.7 Å². The Morgan fingerprint density at radius 1 is 1.53 bits per heavy atom. The summed E-state index contributed by atoms with van der Waals surface area (Å²) in [6.45, 7) is 1.25. The number of rotatable bonds is 5. The Kier molecular flexibility index (Phi) is 5.25. The molecule has 0 unspecified atom stereocenters. The molecule has 1 amide bonds. The second-order valence-electron chi connectivity index (χ2n) is 3.78. The first kappa shape index (κ1) is 13.8. The van der Waals surface area contributed by atoms with Gasteiger partial charge in [0.1, 0.15) is 0 Å². The Labute approximate surface area is 106 Å². The minimum Gasteiger partial charge on any atom is -0.398 e. The fraction of sp³-hybridized carbons (Fsp3) is 0.417. The molecule has 0 saturated heterocycles. The predicted molar refractivity (Wildman–Crippen MR) is 69.3 cm³/mol. The molecule has 5 heteroatoms. The number of hydrogen-bond donors (Lipinski definition) is 1. The van der Waals surface area contributed by atoms with Crippen LogP contribution in [-0.2, 0) is 4.74 Å². The van der Waals surface area contributed by atoms with Crippen LogP contribution in [0.15, 0.2) is 18.2 Å². The highest BCUT2D eigenvalue weighted by molar-refractivity contribution is 6.36. The van der Waals surface area contributed by atoms with E-state index in [1.807, 2.05) is 0 Å². The van der Waals surface area contributed by atoms with Crippen molar-refractivity contribution in [2.45, 2.75) is 6.42 Å². The smallest absolute Gasteiger partial charge is 0.255 e. The quantitative estimate of drug-likeness (QED) is 0.648. The van der Waals surface area contributed by atoms with Crippen molar-refractivity contribution < 1.29 is 9.53 Å². The second-order valence-corrected chi connectivity index (χ2v) is 4.16. The van der Waals surface area contributed by atoms with E-state index in [9.17, 15) is 4.79 Å². The number of halogens is 1. The van der Waals surface area contributed by atoms with E-state index in [4.69, 9.17) is 22.1 Å². The highest BCUT2D eigenvalue weighted by Gasteiger charge is 2.15. The Morgan fingerprint density at radius 3 is 2.88 bits per heavy atom. The van der Waals surface area contributed by atoms with Gasteiger partial charge in [-0.3, -0.25) is 4.79 Å². The monoisotopic (exact) mass is 256 g/mol. The molecule has 0 aliphatic rings. The Bertz CT molecular complexity index is 396. The number of ether oxygens (including phenoxy) is 1. The van der Waals surface area contributed by atoms with Gasteiger partial charge in [0.15, 0.2) is 0 Å². The summed E-state index contributed by atoms with van der Waals surface area (Å²) in [5.41, 5.74) is 6.51. The topological polar surface area (TPSA) is 55.6 Å². The number of nitrogen functional groups attached to an aromatic ring is 1. The van der Waals surface area contributed by atoms with Crippen LogP contribution in [0.3, 0.4) is 0 Å². The van der Waals surface area contributed by atoms with Crippen LogP contribution in [0, 0.1) is 0 Å². The third-order valence-corrected chi connectivity index (χ3v) is 2.87. The highest BCUT2D eigenvalue weighted by atomic mass is 35.5. The molecule has 94 valence electrons. The van der Waals surface area contributed by atoms with Crippen molar-refractivity contribution in [3.63, 3.8) is 0 Å². The van der Waals surface area contributed by atoms with Crippen molar-refractivity contribution in [2.24, 2.45) is 0 Å². The van der Waals surface area contributed by atoms with Gasteiger partial charge < -0.3 is 15.4 Å². The third kappa shape index (κ3) is 3.61. The SMILES string of the molecule is COCCCN(C)C(=O)c1cccc(N)c1Cl. The largest absolute Gasteiger partial charge is 0.398 e. The molecule has 0 radical (unpaired) electrons. The van der Waals surface area contributed by atoms with E-state index in [1.54, 1.807) is 37.3 Å². The first-order chi connectivity index (χ1) is 8.07. The number of carbonyl (C=O) groups excluding carboxylic acids is 1. The molecule has 1 aromatic rings. The van der Waals surface area contributed by atoms with Crippen molar-refractivity contribution in [1.29, 1.82) is 0 Å². The van der Waals surface area contributed by atoms with Gasteiger partial charge in [-0.2, -0.15) is 0 Å². The maximum absolute atomic E-state index is 12.1. The number of carbonyl (C=O) groups is 1. The molecular weight excluding hydrogens is 240 g/mol. The molecule has 1 aromatic carbocycles. The van der Waals surface area contributed by atoms with E-state index in [0.717, 1.165) is 6.42 Å². The van der Waals surface area contributed by atoms with Gasteiger partial charge in [0.25, 0.3) is 5.91 Å². The number of methoxy groups -OCH3 is 1. The summed E-state index contributed by atoms with van der Waals surface area (Å²) in [7, 11) is 3.37. The van der Waals surface area contributed by atoms with Crippen LogP contribution in [0.25, 0.3) is 0 Å². The van der Waals surface area contributed by atoms with E-state index in [2.05, 4.69) is 0 Å². The number of hydrogen-bond acceptors (Lipinski definition) is 3. The normalized spacial score (nSPS) is 10.3. The number of nitrogens with zero attached hydrogens (tertiary/aromatic N) is 1. The van der Waals surface area contributed by atoms with E-state index in [0.29, 0.717) is 29.4 Å². The number of benzene rings is 1. The van der Waals surface area contributed by atoms with Gasteiger partial charge in [0.05, 0.1) is 16.3 Å². The van der Waals surface area contributed by atoms with Crippen molar-refractivity contribution >= 4 is 23.2 Å². The molecule has 0 atom stereocenters. The molecule has 0 fully saturated rings. The highest BCUT2D eigenvalue weighted by Crippen LogP contribution is 2.23. The summed E-state index contributed by atoms with van der Waals surface area (Å²) >= 11 is 6.00. The van der Waals surface area contributed by atoms with Crippen molar-refractivity contribution in [1.82, 2.24) is 4.90 Å². The van der Waals surface area contributed by atoms with Crippen molar-refractivity contribution in [3.8, 4) is 0 Å². The fourth-order valence-electron chi connectivity index (χ4n) is 1.47. The van der Waals surface area contributed by atoms with Gasteiger partial charge in [0, 0.05) is 27.3 Å². The average molecular weight is 257 g/mol. The molecule has 2 N–H and O–H groups in total. The van der Waals surface area contributed by atoms with E-state index >= 15 is 0 Å². The Balaban J connectivity index is 2.71. The maximum Gasteiger partial charge on any atom is 0.255 e. The number of amides is 1. The molecule has 0 aliphatic carbocycles. The Morgan fingerprint density at radius 2 is 2.24 bits per heavy atom. The maximum atomic E-state index is 12.1. The van der Waals surface area contributed by atoms with Crippen LogP contribution in [0.2, 0.25) is 5.02 Å². The van der Waals surface area contributed by atoms with Crippen LogP contribution >= 0.6 is 11.6 Å². The fourth-order valence-corrected chi connectivity index (χ4v) is 1.68. The van der Waals surface area contributed by atoms with Gasteiger partial charge in [-0.15, -0.1) is 0 Å². The summed E-state index contributed by atoms with van der Waals surface area (Å²) in [6, 6.07) is 5.06. The van der Waals surface area contributed by atoms with Gasteiger partial charge in [-0.05, 0) is 18.6 Å². The summed E-state index contributed by atoms with van der Waals surface area (Å²) in [6.07, 6.45) is 0.790. The molecule has 17 heavy (non-hydrogen) atoms. The van der Waals surface area contributed by atoms with Crippen molar-refractivity contribution in [3.05, 3.63) is 28.8 Å². The summed E-state index contributed by atoms with van der Waals surface area (Å²) in [5, 5.41) is 0.316. The van der Waals surface area contributed by atoms with Crippen molar-refractivity contribution in [2.75, 3.05) is 33.0 Å². The van der Waals surface area contributed by atoms with Crippen LogP contribution in [-0.4, -0.2) is 38.1 Å². The molecule has 0 spiro atoms. The van der Waals surface area contributed by atoms with Crippen LogP contribution in [0.4, 0.5) is 5.69 Å². The predicted octanol–water partition coefficient (Wildman–Crippen LogP) is 2.03. The molecule has 0 saturated carbocycles. The molecule has 4 nitrogen and oxygen atoms in total. The molecule has 0 bridgehead atoms. The van der Waals surface area contributed by atoms with E-state index < -0.39 is 0 Å². The van der Waals surface area contributed by atoms with Crippen LogP contribution < -0.4 is 5.73 Å². The lowest BCUT2D eigenvalue weighted by Crippen LogP contribution is -2.28. The van der Waals surface area contributed by atoms with E-state index in [1.165, 1.54) is 0 Å². The molecule has 0 aromatic heterocycles. The van der Waals surface area contributed by atoms with Gasteiger partial charge >= 0.3 is 0 Å². The molecule has 1 rings (SSSR count). The average Bonchev–Trinajstić information content (AvgIpc) is 2.32. The van der Waals surface area contributed by atoms with Crippen LogP contribution in [0.5, 0.6) is 0 Å². The molecular formula is C12H17ClN2O2. The summed E-state index contributed by atoms with van der Waals surface area (Å²) < 4.78 is 4.94. The first-order valence-electron chi connectivity index (χ1n) is 5.36. The minimum atomic E-state index is -0.126. The lowest BCUT2D eigenvalue weighted by molar-refractivity contribution is 0.0779. The standard InChI is InChI=1S/C12H17ClN2O2/c1-15(7-4-8-17-2)12(16)9-5-3-6-10(14)11(9)13/h3,5-6H,4,7-8,14H2,1-2H3. The Hall–Kier alpha value is -1.26. The lowest BCUT2D eigenvalue weighted by atomic mass is 10.1. The minimum absolute atomic E-state index is 0.126. The zero-order chi connectivity index (χ0) is 12.8. The number of anilines is 1. The molecule has 0 heterocycles. The second kappa shape index (κ2) is 6.47. The zero-order valence-electron chi connectivity index (χ0n) is 10.1. The first-order valence-corrected chi connectivity index (χ1v) is 5.74. The third-order valence-electron chi connectivity index (χ3n) is 2.45. The lowest BCUT2D eigenvalue weighted by Gasteiger charge is -2.18. The zero-order valence-corrected chi connectivity index (χ0v) is 10.8.